The number of piperidine rings is 1. The highest BCUT2D eigenvalue weighted by molar-refractivity contribution is 7.89. The Labute approximate surface area is 101 Å². The third-order valence-corrected chi connectivity index (χ3v) is 5.05. The monoisotopic (exact) mass is 258 g/mol. The lowest BCUT2D eigenvalue weighted by atomic mass is 9.93. The molecule has 0 spiro atoms. The van der Waals surface area contributed by atoms with Crippen LogP contribution in [0, 0.1) is 5.92 Å². The molecule has 0 radical (unpaired) electrons. The number of hydrogen-bond acceptors (Lipinski definition) is 4. The second-order valence-electron chi connectivity index (χ2n) is 4.54. The number of H-pyrrole nitrogens is 1. The van der Waals surface area contributed by atoms with Crippen molar-refractivity contribution >= 4 is 10.0 Å². The van der Waals surface area contributed by atoms with Gasteiger partial charge in [0.25, 0.3) is 10.0 Å². The van der Waals surface area contributed by atoms with Crippen LogP contribution in [0.3, 0.4) is 0 Å². The molecule has 1 aromatic rings. The number of nitrogens with zero attached hydrogens (tertiary/aromatic N) is 2. The highest BCUT2D eigenvalue weighted by Crippen LogP contribution is 2.23. The number of hydrogen-bond donors (Lipinski definition) is 2. The van der Waals surface area contributed by atoms with E-state index in [2.05, 4.69) is 9.97 Å². The molecule has 0 unspecified atom stereocenters. The fourth-order valence-electron chi connectivity index (χ4n) is 2.14. The van der Waals surface area contributed by atoms with Crippen molar-refractivity contribution in [2.75, 3.05) is 13.1 Å². The summed E-state index contributed by atoms with van der Waals surface area (Å²) in [6, 6.07) is 0.0229. The number of aromatic nitrogens is 2. The van der Waals surface area contributed by atoms with Crippen LogP contribution in [0.5, 0.6) is 0 Å². The van der Waals surface area contributed by atoms with Crippen molar-refractivity contribution in [2.45, 2.75) is 30.8 Å². The standard InChI is InChI=1S/C10H18N4O2S/c1-8(11)9-3-2-4-14(6-9)17(15,16)10-5-12-7-13-10/h5,7-9H,2-4,6,11H2,1H3,(H,12,13)/t8-,9-/m0/s1. The molecule has 1 saturated heterocycles. The molecule has 1 fully saturated rings. The molecule has 96 valence electrons. The van der Waals surface area contributed by atoms with Crippen LogP contribution in [0.4, 0.5) is 0 Å². The molecule has 3 N–H and O–H groups in total. The maximum absolute atomic E-state index is 12.2. The molecule has 0 amide bonds. The molecule has 0 bridgehead atoms. The number of nitrogens with two attached hydrogens (primary N) is 1. The molecule has 17 heavy (non-hydrogen) atoms. The van der Waals surface area contributed by atoms with E-state index in [-0.39, 0.29) is 17.0 Å². The first-order valence-corrected chi connectivity index (χ1v) is 7.20. The van der Waals surface area contributed by atoms with Gasteiger partial charge >= 0.3 is 0 Å². The van der Waals surface area contributed by atoms with Crippen molar-refractivity contribution in [3.8, 4) is 0 Å². The fraction of sp³-hybridized carbons (Fsp3) is 0.700. The van der Waals surface area contributed by atoms with Gasteiger partial charge in [0, 0.05) is 19.1 Å². The van der Waals surface area contributed by atoms with E-state index < -0.39 is 10.0 Å². The quantitative estimate of drug-likeness (QED) is 0.807. The fourth-order valence-corrected chi connectivity index (χ4v) is 3.58. The summed E-state index contributed by atoms with van der Waals surface area (Å²) >= 11 is 0. The molecular weight excluding hydrogens is 240 g/mol. The van der Waals surface area contributed by atoms with Crippen molar-refractivity contribution in [1.82, 2.24) is 14.3 Å². The van der Waals surface area contributed by atoms with Crippen LogP contribution < -0.4 is 5.73 Å². The Morgan fingerprint density at radius 2 is 2.41 bits per heavy atom. The van der Waals surface area contributed by atoms with Crippen molar-refractivity contribution < 1.29 is 8.42 Å². The van der Waals surface area contributed by atoms with E-state index in [1.165, 1.54) is 16.8 Å². The van der Waals surface area contributed by atoms with Crippen LogP contribution in [0.25, 0.3) is 0 Å². The zero-order chi connectivity index (χ0) is 12.5. The minimum absolute atomic E-state index is 0.0229. The topological polar surface area (TPSA) is 92.1 Å². The Kier molecular flexibility index (Phi) is 3.50. The lowest BCUT2D eigenvalue weighted by Gasteiger charge is -2.33. The molecule has 7 heteroatoms. The van der Waals surface area contributed by atoms with E-state index in [9.17, 15) is 8.42 Å². The minimum Gasteiger partial charge on any atom is -0.335 e. The predicted molar refractivity (Wildman–Crippen MR) is 63.7 cm³/mol. The largest absolute Gasteiger partial charge is 0.335 e. The Balaban J connectivity index is 2.17. The zero-order valence-corrected chi connectivity index (χ0v) is 10.7. The molecule has 2 heterocycles. The number of aromatic amines is 1. The molecule has 0 aromatic carbocycles. The summed E-state index contributed by atoms with van der Waals surface area (Å²) < 4.78 is 26.0. The molecule has 1 aromatic heterocycles. The zero-order valence-electron chi connectivity index (χ0n) is 9.83. The number of nitrogens with one attached hydrogen (secondary N) is 1. The molecule has 6 nitrogen and oxygen atoms in total. The van der Waals surface area contributed by atoms with E-state index in [0.717, 1.165) is 12.8 Å². The Morgan fingerprint density at radius 3 is 3.00 bits per heavy atom. The van der Waals surface area contributed by atoms with E-state index >= 15 is 0 Å². The van der Waals surface area contributed by atoms with Crippen molar-refractivity contribution in [2.24, 2.45) is 11.7 Å². The molecule has 2 rings (SSSR count). The molecular formula is C10H18N4O2S. The van der Waals surface area contributed by atoms with Gasteiger partial charge in [0.2, 0.25) is 0 Å². The maximum Gasteiger partial charge on any atom is 0.260 e. The molecule has 2 atom stereocenters. The van der Waals surface area contributed by atoms with Gasteiger partial charge in [0.05, 0.1) is 12.5 Å². The summed E-state index contributed by atoms with van der Waals surface area (Å²) in [6.07, 6.45) is 4.57. The summed E-state index contributed by atoms with van der Waals surface area (Å²) in [7, 11) is -3.43. The highest BCUT2D eigenvalue weighted by Gasteiger charge is 2.32. The third-order valence-electron chi connectivity index (χ3n) is 3.26. The normalized spacial score (nSPS) is 24.7. The van der Waals surface area contributed by atoms with Gasteiger partial charge in [0.15, 0.2) is 5.03 Å². The van der Waals surface area contributed by atoms with Gasteiger partial charge in [-0.05, 0) is 25.7 Å². The minimum atomic E-state index is -3.43. The number of sulfonamides is 1. The molecule has 1 aliphatic rings. The lowest BCUT2D eigenvalue weighted by Crippen LogP contribution is -2.45. The number of imidazole rings is 1. The third kappa shape index (κ3) is 2.51. The van der Waals surface area contributed by atoms with Crippen molar-refractivity contribution in [1.29, 1.82) is 0 Å². The van der Waals surface area contributed by atoms with Crippen LogP contribution in [0.2, 0.25) is 0 Å². The summed E-state index contributed by atoms with van der Waals surface area (Å²) in [6.45, 7) is 2.99. The van der Waals surface area contributed by atoms with Crippen LogP contribution in [-0.4, -0.2) is 41.8 Å². The van der Waals surface area contributed by atoms with Crippen LogP contribution in [0.1, 0.15) is 19.8 Å². The Hall–Kier alpha value is -0.920. The summed E-state index contributed by atoms with van der Waals surface area (Å²) in [4.78, 5) is 6.40. The van der Waals surface area contributed by atoms with Crippen LogP contribution in [0.15, 0.2) is 17.6 Å². The first-order chi connectivity index (χ1) is 8.01. The highest BCUT2D eigenvalue weighted by atomic mass is 32.2. The maximum atomic E-state index is 12.2. The summed E-state index contributed by atoms with van der Waals surface area (Å²) in [5.74, 6) is 0.237. The Morgan fingerprint density at radius 1 is 1.65 bits per heavy atom. The van der Waals surface area contributed by atoms with E-state index in [1.54, 1.807) is 0 Å². The van der Waals surface area contributed by atoms with Gasteiger partial charge in [0.1, 0.15) is 0 Å². The van der Waals surface area contributed by atoms with E-state index in [0.29, 0.717) is 13.1 Å². The first-order valence-electron chi connectivity index (χ1n) is 5.76. The second-order valence-corrected chi connectivity index (χ2v) is 6.45. The van der Waals surface area contributed by atoms with E-state index in [1.807, 2.05) is 6.92 Å². The Bertz CT molecular complexity index is 455. The lowest BCUT2D eigenvalue weighted by molar-refractivity contribution is 0.243. The van der Waals surface area contributed by atoms with Crippen molar-refractivity contribution in [3.63, 3.8) is 0 Å². The summed E-state index contributed by atoms with van der Waals surface area (Å²) in [5.41, 5.74) is 5.85. The van der Waals surface area contributed by atoms with Gasteiger partial charge in [-0.1, -0.05) is 0 Å². The molecule has 0 saturated carbocycles. The van der Waals surface area contributed by atoms with Gasteiger partial charge < -0.3 is 10.7 Å². The van der Waals surface area contributed by atoms with Crippen LogP contribution in [-0.2, 0) is 10.0 Å². The van der Waals surface area contributed by atoms with Gasteiger partial charge in [-0.2, -0.15) is 4.31 Å². The summed E-state index contributed by atoms with van der Waals surface area (Å²) in [5, 5.41) is 0.155. The SMILES string of the molecule is C[C@H](N)[C@H]1CCCN(S(=O)(=O)c2cnc[nH]2)C1. The molecule has 1 aliphatic heterocycles. The predicted octanol–water partition coefficient (Wildman–Crippen LogP) is 0.158. The van der Waals surface area contributed by atoms with Gasteiger partial charge in [-0.25, -0.2) is 13.4 Å². The van der Waals surface area contributed by atoms with Gasteiger partial charge in [-0.15, -0.1) is 0 Å². The smallest absolute Gasteiger partial charge is 0.260 e. The second kappa shape index (κ2) is 4.75. The average Bonchev–Trinajstić information content (AvgIpc) is 2.83. The van der Waals surface area contributed by atoms with Crippen LogP contribution >= 0.6 is 0 Å². The van der Waals surface area contributed by atoms with Gasteiger partial charge in [-0.3, -0.25) is 0 Å². The van der Waals surface area contributed by atoms with E-state index in [4.69, 9.17) is 5.73 Å². The first kappa shape index (κ1) is 12.5. The number of rotatable bonds is 3. The van der Waals surface area contributed by atoms with Crippen molar-refractivity contribution in [3.05, 3.63) is 12.5 Å². The molecule has 0 aliphatic carbocycles. The average molecular weight is 258 g/mol.